The van der Waals surface area contributed by atoms with Gasteiger partial charge in [-0.3, -0.25) is 4.79 Å². The number of carbonyl (C=O) groups is 1. The molecule has 0 saturated carbocycles. The summed E-state index contributed by atoms with van der Waals surface area (Å²) in [4.78, 5) is 12.1. The average Bonchev–Trinajstić information content (AvgIpc) is 2.41. The molecule has 0 spiro atoms. The maximum Gasteiger partial charge on any atom is 0.144 e. The maximum absolute atomic E-state index is 12.8. The molecular formula is C16H15FO. The molecule has 0 aliphatic rings. The number of carbonyl (C=O) groups excluding carboxylic acids is 1. The minimum absolute atomic E-state index is 0.128. The summed E-state index contributed by atoms with van der Waals surface area (Å²) in [5, 5.41) is 0. The lowest BCUT2D eigenvalue weighted by atomic mass is 9.93. The molecule has 0 aromatic heterocycles. The Morgan fingerprint density at radius 2 is 1.67 bits per heavy atom. The van der Waals surface area contributed by atoms with Crippen LogP contribution in [0.1, 0.15) is 24.0 Å². The second kappa shape index (κ2) is 5.58. The van der Waals surface area contributed by atoms with E-state index in [0.29, 0.717) is 6.42 Å². The fraction of sp³-hybridized carbons (Fsp3) is 0.188. The van der Waals surface area contributed by atoms with Gasteiger partial charge in [-0.2, -0.15) is 0 Å². The quantitative estimate of drug-likeness (QED) is 0.798. The fourth-order valence-corrected chi connectivity index (χ4v) is 1.88. The van der Waals surface area contributed by atoms with E-state index in [-0.39, 0.29) is 17.5 Å². The molecule has 0 aliphatic heterocycles. The van der Waals surface area contributed by atoms with E-state index in [2.05, 4.69) is 0 Å². The smallest absolute Gasteiger partial charge is 0.144 e. The lowest BCUT2D eigenvalue weighted by Crippen LogP contribution is -2.12. The first-order valence-electron chi connectivity index (χ1n) is 5.99. The highest BCUT2D eigenvalue weighted by atomic mass is 19.1. The molecule has 2 heteroatoms. The number of hydrogen-bond donors (Lipinski definition) is 0. The Labute approximate surface area is 106 Å². The summed E-state index contributed by atoms with van der Waals surface area (Å²) < 4.78 is 12.8. The van der Waals surface area contributed by atoms with Crippen LogP contribution >= 0.6 is 0 Å². The lowest BCUT2D eigenvalue weighted by molar-refractivity contribution is -0.119. The van der Waals surface area contributed by atoms with E-state index in [1.807, 2.05) is 37.3 Å². The first-order valence-corrected chi connectivity index (χ1v) is 5.99. The van der Waals surface area contributed by atoms with Crippen molar-refractivity contribution in [2.24, 2.45) is 0 Å². The normalized spacial score (nSPS) is 12.1. The minimum Gasteiger partial charge on any atom is -0.299 e. The van der Waals surface area contributed by atoms with Gasteiger partial charge in [0.1, 0.15) is 11.6 Å². The van der Waals surface area contributed by atoms with Crippen LogP contribution in [0.5, 0.6) is 0 Å². The Hall–Kier alpha value is -1.96. The third-order valence-electron chi connectivity index (χ3n) is 3.07. The molecule has 0 aliphatic carbocycles. The number of ketones is 1. The molecule has 0 N–H and O–H groups in total. The Balaban J connectivity index is 2.06. The average molecular weight is 242 g/mol. The van der Waals surface area contributed by atoms with Crippen LogP contribution in [0.3, 0.4) is 0 Å². The first kappa shape index (κ1) is 12.5. The summed E-state index contributed by atoms with van der Waals surface area (Å²) in [6, 6.07) is 15.8. The van der Waals surface area contributed by atoms with E-state index in [1.165, 1.54) is 12.1 Å². The van der Waals surface area contributed by atoms with Crippen LogP contribution in [0.4, 0.5) is 4.39 Å². The number of halogens is 1. The van der Waals surface area contributed by atoms with Crippen LogP contribution in [0.2, 0.25) is 0 Å². The number of rotatable bonds is 4. The van der Waals surface area contributed by atoms with Crippen molar-refractivity contribution in [2.75, 3.05) is 0 Å². The lowest BCUT2D eigenvalue weighted by Gasteiger charge is -2.10. The summed E-state index contributed by atoms with van der Waals surface area (Å²) in [5.74, 6) is -0.258. The number of Topliss-reactive ketones (excluding diaryl/α,β-unsaturated/α-hetero) is 1. The van der Waals surface area contributed by atoms with Crippen molar-refractivity contribution < 1.29 is 9.18 Å². The number of hydrogen-bond acceptors (Lipinski definition) is 1. The molecule has 0 heterocycles. The SMILES string of the molecule is CC(C(=O)Cc1ccc(F)cc1)c1ccccc1. The Morgan fingerprint density at radius 3 is 2.28 bits per heavy atom. The summed E-state index contributed by atoms with van der Waals surface area (Å²) in [6.07, 6.45) is 0.344. The molecule has 0 fully saturated rings. The Bertz CT molecular complexity index is 517. The third kappa shape index (κ3) is 3.04. The van der Waals surface area contributed by atoms with Gasteiger partial charge in [-0.25, -0.2) is 4.39 Å². The molecule has 0 amide bonds. The summed E-state index contributed by atoms with van der Waals surface area (Å²) in [5.41, 5.74) is 1.87. The van der Waals surface area contributed by atoms with Crippen molar-refractivity contribution in [3.63, 3.8) is 0 Å². The van der Waals surface area contributed by atoms with Crippen LogP contribution in [0.15, 0.2) is 54.6 Å². The molecule has 2 aromatic carbocycles. The topological polar surface area (TPSA) is 17.1 Å². The van der Waals surface area contributed by atoms with E-state index >= 15 is 0 Å². The zero-order valence-corrected chi connectivity index (χ0v) is 10.3. The molecule has 18 heavy (non-hydrogen) atoms. The summed E-state index contributed by atoms with van der Waals surface area (Å²) in [7, 11) is 0. The van der Waals surface area contributed by atoms with Crippen LogP contribution in [0.25, 0.3) is 0 Å². The van der Waals surface area contributed by atoms with Gasteiger partial charge in [-0.1, -0.05) is 49.4 Å². The minimum atomic E-state index is -0.276. The second-order valence-electron chi connectivity index (χ2n) is 4.40. The van der Waals surface area contributed by atoms with Crippen molar-refractivity contribution in [3.05, 3.63) is 71.5 Å². The predicted molar refractivity (Wildman–Crippen MR) is 70.0 cm³/mol. The van der Waals surface area contributed by atoms with Crippen molar-refractivity contribution in [1.82, 2.24) is 0 Å². The molecule has 0 saturated heterocycles. The predicted octanol–water partition coefficient (Wildman–Crippen LogP) is 3.74. The van der Waals surface area contributed by atoms with Gasteiger partial charge in [-0.15, -0.1) is 0 Å². The first-order chi connectivity index (χ1) is 8.66. The Morgan fingerprint density at radius 1 is 1.06 bits per heavy atom. The van der Waals surface area contributed by atoms with Crippen molar-refractivity contribution in [2.45, 2.75) is 19.3 Å². The molecule has 2 rings (SSSR count). The molecule has 0 radical (unpaired) electrons. The Kier molecular flexibility index (Phi) is 3.88. The van der Waals surface area contributed by atoms with E-state index in [9.17, 15) is 9.18 Å². The molecule has 2 aromatic rings. The summed E-state index contributed by atoms with van der Waals surface area (Å²) >= 11 is 0. The molecule has 1 atom stereocenters. The van der Waals surface area contributed by atoms with Crippen LogP contribution in [-0.4, -0.2) is 5.78 Å². The van der Waals surface area contributed by atoms with E-state index in [0.717, 1.165) is 11.1 Å². The molecule has 1 unspecified atom stereocenters. The third-order valence-corrected chi connectivity index (χ3v) is 3.07. The van der Waals surface area contributed by atoms with E-state index < -0.39 is 0 Å². The van der Waals surface area contributed by atoms with Gasteiger partial charge >= 0.3 is 0 Å². The highest BCUT2D eigenvalue weighted by Crippen LogP contribution is 2.18. The van der Waals surface area contributed by atoms with E-state index in [4.69, 9.17) is 0 Å². The van der Waals surface area contributed by atoms with Gasteiger partial charge in [0.15, 0.2) is 0 Å². The van der Waals surface area contributed by atoms with Gasteiger partial charge < -0.3 is 0 Å². The molecule has 0 bridgehead atoms. The largest absolute Gasteiger partial charge is 0.299 e. The highest BCUT2D eigenvalue weighted by molar-refractivity contribution is 5.87. The van der Waals surface area contributed by atoms with Gasteiger partial charge in [-0.05, 0) is 23.3 Å². The van der Waals surface area contributed by atoms with E-state index in [1.54, 1.807) is 12.1 Å². The monoisotopic (exact) mass is 242 g/mol. The highest BCUT2D eigenvalue weighted by Gasteiger charge is 2.15. The zero-order chi connectivity index (χ0) is 13.0. The zero-order valence-electron chi connectivity index (χ0n) is 10.3. The van der Waals surface area contributed by atoms with Gasteiger partial charge in [0.2, 0.25) is 0 Å². The number of benzene rings is 2. The van der Waals surface area contributed by atoms with Gasteiger partial charge in [0, 0.05) is 12.3 Å². The van der Waals surface area contributed by atoms with Crippen LogP contribution < -0.4 is 0 Å². The van der Waals surface area contributed by atoms with Gasteiger partial charge in [0.25, 0.3) is 0 Å². The van der Waals surface area contributed by atoms with Crippen LogP contribution in [0, 0.1) is 5.82 Å². The molecular weight excluding hydrogens is 227 g/mol. The fourth-order valence-electron chi connectivity index (χ4n) is 1.88. The van der Waals surface area contributed by atoms with Crippen molar-refractivity contribution in [3.8, 4) is 0 Å². The maximum atomic E-state index is 12.8. The standard InChI is InChI=1S/C16H15FO/c1-12(14-5-3-2-4-6-14)16(18)11-13-7-9-15(17)10-8-13/h2-10,12H,11H2,1H3. The molecule has 1 nitrogen and oxygen atoms in total. The van der Waals surface area contributed by atoms with Crippen molar-refractivity contribution >= 4 is 5.78 Å². The summed E-state index contributed by atoms with van der Waals surface area (Å²) in [6.45, 7) is 1.90. The molecule has 92 valence electrons. The van der Waals surface area contributed by atoms with Crippen molar-refractivity contribution in [1.29, 1.82) is 0 Å². The van der Waals surface area contributed by atoms with Crippen LogP contribution in [-0.2, 0) is 11.2 Å². The van der Waals surface area contributed by atoms with Gasteiger partial charge in [0.05, 0.1) is 0 Å². The second-order valence-corrected chi connectivity index (χ2v) is 4.40.